The Morgan fingerprint density at radius 3 is 1.90 bits per heavy atom. The number of hydrogen-bond acceptors (Lipinski definition) is 1. The molecule has 126 valence electrons. The Labute approximate surface area is 134 Å². The van der Waals surface area contributed by atoms with Crippen molar-refractivity contribution in [1.29, 1.82) is 0 Å². The van der Waals surface area contributed by atoms with E-state index in [1.807, 2.05) is 0 Å². The molecule has 1 aliphatic rings. The number of unbranched alkanes of at least 4 members (excludes halogenated alkanes) is 10. The average Bonchev–Trinajstić information content (AvgIpc) is 2.94. The SMILES string of the molecule is CCCCCCCCCCCCN1CCCC1CCCC. The molecule has 0 bridgehead atoms. The third kappa shape index (κ3) is 9.55. The maximum atomic E-state index is 2.79. The summed E-state index contributed by atoms with van der Waals surface area (Å²) in [6.07, 6.45) is 21.7. The molecule has 0 radical (unpaired) electrons. The lowest BCUT2D eigenvalue weighted by Crippen LogP contribution is -2.30. The maximum Gasteiger partial charge on any atom is 0.00957 e. The highest BCUT2D eigenvalue weighted by atomic mass is 15.2. The Balaban J connectivity index is 1.87. The van der Waals surface area contributed by atoms with Crippen LogP contribution < -0.4 is 0 Å². The van der Waals surface area contributed by atoms with Gasteiger partial charge in [0.15, 0.2) is 0 Å². The van der Waals surface area contributed by atoms with Crippen molar-refractivity contribution in [3.8, 4) is 0 Å². The van der Waals surface area contributed by atoms with Gasteiger partial charge < -0.3 is 4.90 Å². The van der Waals surface area contributed by atoms with E-state index in [0.717, 1.165) is 6.04 Å². The number of rotatable bonds is 14. The summed E-state index contributed by atoms with van der Waals surface area (Å²) in [4.78, 5) is 2.79. The molecular weight excluding hydrogens is 254 g/mol. The van der Waals surface area contributed by atoms with Crippen LogP contribution in [0.15, 0.2) is 0 Å². The second kappa shape index (κ2) is 13.6. The first-order valence-corrected chi connectivity index (χ1v) is 10.1. The molecule has 1 saturated heterocycles. The van der Waals surface area contributed by atoms with E-state index in [1.54, 1.807) is 0 Å². The minimum Gasteiger partial charge on any atom is -0.300 e. The minimum atomic E-state index is 0.934. The lowest BCUT2D eigenvalue weighted by molar-refractivity contribution is 0.234. The van der Waals surface area contributed by atoms with Crippen molar-refractivity contribution in [2.45, 2.75) is 116 Å². The highest BCUT2D eigenvalue weighted by Crippen LogP contribution is 2.22. The molecule has 1 rings (SSSR count). The molecule has 1 heterocycles. The fraction of sp³-hybridized carbons (Fsp3) is 1.00. The van der Waals surface area contributed by atoms with Crippen molar-refractivity contribution in [3.63, 3.8) is 0 Å². The monoisotopic (exact) mass is 295 g/mol. The van der Waals surface area contributed by atoms with Crippen LogP contribution in [-0.4, -0.2) is 24.0 Å². The van der Waals surface area contributed by atoms with Crippen molar-refractivity contribution in [2.75, 3.05) is 13.1 Å². The summed E-state index contributed by atoms with van der Waals surface area (Å²) in [5.41, 5.74) is 0. The molecule has 1 aliphatic heterocycles. The minimum absolute atomic E-state index is 0.934. The normalized spacial score (nSPS) is 19.4. The van der Waals surface area contributed by atoms with Gasteiger partial charge in [-0.25, -0.2) is 0 Å². The molecule has 0 amide bonds. The van der Waals surface area contributed by atoms with E-state index in [9.17, 15) is 0 Å². The van der Waals surface area contributed by atoms with Crippen molar-refractivity contribution in [1.82, 2.24) is 4.90 Å². The van der Waals surface area contributed by atoms with Crippen LogP contribution in [0, 0.1) is 0 Å². The fourth-order valence-corrected chi connectivity index (χ4v) is 3.76. The third-order valence-corrected chi connectivity index (χ3v) is 5.19. The van der Waals surface area contributed by atoms with Crippen LogP contribution in [0.5, 0.6) is 0 Å². The molecule has 0 saturated carbocycles. The topological polar surface area (TPSA) is 3.24 Å². The van der Waals surface area contributed by atoms with Crippen LogP contribution >= 0.6 is 0 Å². The first kappa shape index (κ1) is 19.0. The Hall–Kier alpha value is -0.0400. The van der Waals surface area contributed by atoms with Gasteiger partial charge in [-0.05, 0) is 38.8 Å². The summed E-state index contributed by atoms with van der Waals surface area (Å²) in [5, 5.41) is 0. The van der Waals surface area contributed by atoms with Gasteiger partial charge in [-0.15, -0.1) is 0 Å². The molecule has 0 aromatic rings. The van der Waals surface area contributed by atoms with Gasteiger partial charge in [-0.2, -0.15) is 0 Å². The van der Waals surface area contributed by atoms with Gasteiger partial charge in [0, 0.05) is 6.04 Å². The quantitative estimate of drug-likeness (QED) is 0.328. The molecule has 21 heavy (non-hydrogen) atoms. The van der Waals surface area contributed by atoms with E-state index >= 15 is 0 Å². The number of nitrogens with zero attached hydrogens (tertiary/aromatic N) is 1. The molecule has 0 aromatic heterocycles. The molecule has 0 aromatic carbocycles. The molecule has 1 nitrogen and oxygen atoms in total. The number of hydrogen-bond donors (Lipinski definition) is 0. The molecule has 1 atom stereocenters. The summed E-state index contributed by atoms with van der Waals surface area (Å²) in [7, 11) is 0. The summed E-state index contributed by atoms with van der Waals surface area (Å²) >= 11 is 0. The summed E-state index contributed by atoms with van der Waals surface area (Å²) in [6, 6.07) is 0.934. The van der Waals surface area contributed by atoms with Crippen LogP contribution in [0.4, 0.5) is 0 Å². The van der Waals surface area contributed by atoms with Gasteiger partial charge in [0.1, 0.15) is 0 Å². The van der Waals surface area contributed by atoms with Crippen LogP contribution in [-0.2, 0) is 0 Å². The summed E-state index contributed by atoms with van der Waals surface area (Å²) in [5.74, 6) is 0. The maximum absolute atomic E-state index is 2.79. The Morgan fingerprint density at radius 2 is 1.29 bits per heavy atom. The predicted molar refractivity (Wildman–Crippen MR) is 96.0 cm³/mol. The molecule has 1 heteroatoms. The second-order valence-corrected chi connectivity index (χ2v) is 7.16. The van der Waals surface area contributed by atoms with E-state index in [4.69, 9.17) is 0 Å². The highest BCUT2D eigenvalue weighted by molar-refractivity contribution is 4.78. The van der Waals surface area contributed by atoms with Crippen LogP contribution in [0.2, 0.25) is 0 Å². The van der Waals surface area contributed by atoms with Crippen molar-refractivity contribution in [2.24, 2.45) is 0 Å². The van der Waals surface area contributed by atoms with Gasteiger partial charge in [0.2, 0.25) is 0 Å². The standard InChI is InChI=1S/C20H41N/c1-3-5-7-8-9-10-11-12-13-14-18-21-19-15-17-20(21)16-6-4-2/h20H,3-19H2,1-2H3. The smallest absolute Gasteiger partial charge is 0.00957 e. The number of likely N-dealkylation sites (tertiary alicyclic amines) is 1. The van der Waals surface area contributed by atoms with Crippen molar-refractivity contribution < 1.29 is 0 Å². The van der Waals surface area contributed by atoms with E-state index in [1.165, 1.54) is 109 Å². The van der Waals surface area contributed by atoms with Gasteiger partial charge in [-0.1, -0.05) is 84.5 Å². The first-order chi connectivity index (χ1) is 10.4. The zero-order chi connectivity index (χ0) is 15.2. The van der Waals surface area contributed by atoms with Crippen LogP contribution in [0.25, 0.3) is 0 Å². The molecular formula is C20H41N. The van der Waals surface area contributed by atoms with Crippen molar-refractivity contribution >= 4 is 0 Å². The van der Waals surface area contributed by atoms with Gasteiger partial charge in [0.25, 0.3) is 0 Å². The van der Waals surface area contributed by atoms with E-state index in [0.29, 0.717) is 0 Å². The molecule has 1 fully saturated rings. The fourth-order valence-electron chi connectivity index (χ4n) is 3.76. The Bertz CT molecular complexity index is 214. The summed E-state index contributed by atoms with van der Waals surface area (Å²) < 4.78 is 0. The zero-order valence-electron chi connectivity index (χ0n) is 15.0. The van der Waals surface area contributed by atoms with E-state index in [-0.39, 0.29) is 0 Å². The predicted octanol–water partition coefficient (Wildman–Crippen LogP) is 6.56. The molecule has 0 N–H and O–H groups in total. The summed E-state index contributed by atoms with van der Waals surface area (Å²) in [6.45, 7) is 7.38. The average molecular weight is 296 g/mol. The van der Waals surface area contributed by atoms with Gasteiger partial charge in [0.05, 0.1) is 0 Å². The first-order valence-electron chi connectivity index (χ1n) is 10.1. The van der Waals surface area contributed by atoms with E-state index in [2.05, 4.69) is 18.7 Å². The van der Waals surface area contributed by atoms with Gasteiger partial charge >= 0.3 is 0 Å². The highest BCUT2D eigenvalue weighted by Gasteiger charge is 2.22. The molecule has 0 aliphatic carbocycles. The Morgan fingerprint density at radius 1 is 0.714 bits per heavy atom. The van der Waals surface area contributed by atoms with Crippen LogP contribution in [0.1, 0.15) is 110 Å². The molecule has 0 spiro atoms. The lowest BCUT2D eigenvalue weighted by Gasteiger charge is -2.24. The largest absolute Gasteiger partial charge is 0.300 e. The third-order valence-electron chi connectivity index (χ3n) is 5.19. The van der Waals surface area contributed by atoms with E-state index < -0.39 is 0 Å². The van der Waals surface area contributed by atoms with Gasteiger partial charge in [-0.3, -0.25) is 0 Å². The molecule has 1 unspecified atom stereocenters. The second-order valence-electron chi connectivity index (χ2n) is 7.16. The zero-order valence-corrected chi connectivity index (χ0v) is 15.0. The van der Waals surface area contributed by atoms with Crippen LogP contribution in [0.3, 0.4) is 0 Å². The Kier molecular flexibility index (Phi) is 12.3. The lowest BCUT2D eigenvalue weighted by atomic mass is 10.1. The van der Waals surface area contributed by atoms with Crippen molar-refractivity contribution in [3.05, 3.63) is 0 Å².